The Kier molecular flexibility index (Phi) is 3.35. The second kappa shape index (κ2) is 5.31. The fourth-order valence-corrected chi connectivity index (χ4v) is 4.82. The lowest BCUT2D eigenvalue weighted by Crippen LogP contribution is -2.35. The molecule has 1 aliphatic rings. The Morgan fingerprint density at radius 3 is 2.83 bits per heavy atom. The topological polar surface area (TPSA) is 68.1 Å². The molecular formula is C17H18N4O2S. The number of pyridine rings is 1. The molecule has 0 fully saturated rings. The number of nitrogens with zero attached hydrogens (tertiary/aromatic N) is 4. The van der Waals surface area contributed by atoms with Crippen molar-refractivity contribution in [2.75, 3.05) is 10.8 Å². The number of rotatable bonds is 2. The Morgan fingerprint density at radius 1 is 1.21 bits per heavy atom. The number of para-hydroxylation sites is 1. The van der Waals surface area contributed by atoms with E-state index in [1.54, 1.807) is 17.8 Å². The second-order valence-corrected chi connectivity index (χ2v) is 7.92. The molecule has 0 amide bonds. The van der Waals surface area contributed by atoms with E-state index < -0.39 is 10.0 Å². The Labute approximate surface area is 140 Å². The van der Waals surface area contributed by atoms with Crippen molar-refractivity contribution in [2.45, 2.75) is 24.7 Å². The highest BCUT2D eigenvalue weighted by molar-refractivity contribution is 7.92. The largest absolute Gasteiger partial charge is 0.266 e. The smallest absolute Gasteiger partial charge is 0.265 e. The SMILES string of the molecule is Cc1nn(C)c2ncc(S(=O)(=O)N3CCCc4ccccc43)cc12. The molecule has 0 aliphatic carbocycles. The molecule has 0 spiro atoms. The first-order chi connectivity index (χ1) is 11.5. The number of hydrogen-bond donors (Lipinski definition) is 0. The summed E-state index contributed by atoms with van der Waals surface area (Å²) >= 11 is 0. The van der Waals surface area contributed by atoms with Crippen LogP contribution in [0.5, 0.6) is 0 Å². The molecule has 6 nitrogen and oxygen atoms in total. The summed E-state index contributed by atoms with van der Waals surface area (Å²) in [6.07, 6.45) is 3.15. The average molecular weight is 342 g/mol. The molecular weight excluding hydrogens is 324 g/mol. The number of aromatic nitrogens is 3. The number of anilines is 1. The van der Waals surface area contributed by atoms with Gasteiger partial charge in [0.25, 0.3) is 10.0 Å². The molecule has 7 heteroatoms. The lowest BCUT2D eigenvalue weighted by Gasteiger charge is -2.30. The summed E-state index contributed by atoms with van der Waals surface area (Å²) in [6, 6.07) is 9.36. The maximum Gasteiger partial charge on any atom is 0.265 e. The first kappa shape index (κ1) is 15.1. The molecule has 1 aliphatic heterocycles. The quantitative estimate of drug-likeness (QED) is 0.717. The zero-order chi connectivity index (χ0) is 16.9. The van der Waals surface area contributed by atoms with Crippen LogP contribution in [-0.4, -0.2) is 29.7 Å². The molecule has 0 atom stereocenters. The van der Waals surface area contributed by atoms with Crippen LogP contribution in [0.2, 0.25) is 0 Å². The van der Waals surface area contributed by atoms with Crippen molar-refractivity contribution < 1.29 is 8.42 Å². The molecule has 3 heterocycles. The summed E-state index contributed by atoms with van der Waals surface area (Å²) in [7, 11) is -1.84. The van der Waals surface area contributed by atoms with Gasteiger partial charge in [-0.25, -0.2) is 13.4 Å². The summed E-state index contributed by atoms with van der Waals surface area (Å²) in [4.78, 5) is 4.52. The molecule has 1 aromatic carbocycles. The predicted molar refractivity (Wildman–Crippen MR) is 92.5 cm³/mol. The maximum absolute atomic E-state index is 13.2. The first-order valence-electron chi connectivity index (χ1n) is 7.88. The molecule has 24 heavy (non-hydrogen) atoms. The minimum atomic E-state index is -3.64. The van der Waals surface area contributed by atoms with Crippen LogP contribution >= 0.6 is 0 Å². The van der Waals surface area contributed by atoms with Gasteiger partial charge in [0, 0.05) is 25.2 Å². The molecule has 0 radical (unpaired) electrons. The molecule has 124 valence electrons. The van der Waals surface area contributed by atoms with Crippen molar-refractivity contribution in [2.24, 2.45) is 7.05 Å². The van der Waals surface area contributed by atoms with Crippen LogP contribution in [-0.2, 0) is 23.5 Å². The Morgan fingerprint density at radius 2 is 2.00 bits per heavy atom. The number of benzene rings is 1. The van der Waals surface area contributed by atoms with E-state index in [0.29, 0.717) is 12.2 Å². The van der Waals surface area contributed by atoms with E-state index in [0.717, 1.165) is 35.2 Å². The van der Waals surface area contributed by atoms with Crippen LogP contribution in [0, 0.1) is 6.92 Å². The molecule has 0 N–H and O–H groups in total. The summed E-state index contributed by atoms with van der Waals surface area (Å²) in [6.45, 7) is 2.35. The van der Waals surface area contributed by atoms with E-state index in [-0.39, 0.29) is 4.90 Å². The van der Waals surface area contributed by atoms with Gasteiger partial charge in [0.2, 0.25) is 0 Å². The van der Waals surface area contributed by atoms with Gasteiger partial charge in [0.1, 0.15) is 4.90 Å². The van der Waals surface area contributed by atoms with Gasteiger partial charge >= 0.3 is 0 Å². The summed E-state index contributed by atoms with van der Waals surface area (Å²) in [5.41, 5.74) is 3.30. The van der Waals surface area contributed by atoms with E-state index >= 15 is 0 Å². The fraction of sp³-hybridized carbons (Fsp3) is 0.294. The first-order valence-corrected chi connectivity index (χ1v) is 9.32. The highest BCUT2D eigenvalue weighted by Crippen LogP contribution is 2.32. The number of aryl methyl sites for hydroxylation is 3. The third-order valence-corrected chi connectivity index (χ3v) is 6.27. The van der Waals surface area contributed by atoms with Gasteiger partial charge in [-0.15, -0.1) is 0 Å². The molecule has 0 saturated heterocycles. The Balaban J connectivity index is 1.86. The normalized spacial score (nSPS) is 14.8. The van der Waals surface area contributed by atoms with E-state index in [1.165, 1.54) is 10.5 Å². The monoisotopic (exact) mass is 342 g/mol. The van der Waals surface area contributed by atoms with E-state index in [4.69, 9.17) is 0 Å². The minimum Gasteiger partial charge on any atom is -0.266 e. The van der Waals surface area contributed by atoms with E-state index in [2.05, 4.69) is 10.1 Å². The fourth-order valence-electron chi connectivity index (χ4n) is 3.31. The van der Waals surface area contributed by atoms with Crippen LogP contribution in [0.15, 0.2) is 41.4 Å². The zero-order valence-corrected chi connectivity index (χ0v) is 14.4. The number of hydrogen-bond acceptors (Lipinski definition) is 4. The molecule has 3 aromatic rings. The molecule has 0 saturated carbocycles. The molecule has 2 aromatic heterocycles. The van der Waals surface area contributed by atoms with Gasteiger partial charge in [0.15, 0.2) is 5.65 Å². The standard InChI is InChI=1S/C17H18N4O2S/c1-12-15-10-14(11-18-17(15)20(2)19-12)24(22,23)21-9-5-7-13-6-3-4-8-16(13)21/h3-4,6,8,10-11H,5,7,9H2,1-2H3. The summed E-state index contributed by atoms with van der Waals surface area (Å²) < 4.78 is 29.5. The summed E-state index contributed by atoms with van der Waals surface area (Å²) in [5.74, 6) is 0. The van der Waals surface area contributed by atoms with Gasteiger partial charge in [-0.05, 0) is 37.5 Å². The van der Waals surface area contributed by atoms with Crippen LogP contribution in [0.3, 0.4) is 0 Å². The van der Waals surface area contributed by atoms with Crippen LogP contribution in [0.25, 0.3) is 11.0 Å². The van der Waals surface area contributed by atoms with Gasteiger partial charge in [-0.2, -0.15) is 5.10 Å². The van der Waals surface area contributed by atoms with Crippen molar-refractivity contribution >= 4 is 26.7 Å². The minimum absolute atomic E-state index is 0.211. The van der Waals surface area contributed by atoms with Gasteiger partial charge in [0.05, 0.1) is 11.4 Å². The van der Waals surface area contributed by atoms with Gasteiger partial charge < -0.3 is 0 Å². The van der Waals surface area contributed by atoms with Crippen molar-refractivity contribution in [3.05, 3.63) is 47.8 Å². The van der Waals surface area contributed by atoms with Crippen LogP contribution in [0.1, 0.15) is 17.7 Å². The lowest BCUT2D eigenvalue weighted by molar-refractivity contribution is 0.586. The number of sulfonamides is 1. The van der Waals surface area contributed by atoms with Crippen molar-refractivity contribution in [1.82, 2.24) is 14.8 Å². The van der Waals surface area contributed by atoms with Gasteiger partial charge in [-0.1, -0.05) is 18.2 Å². The molecule has 4 rings (SSSR count). The summed E-state index contributed by atoms with van der Waals surface area (Å²) in [5, 5.41) is 5.08. The third-order valence-electron chi connectivity index (χ3n) is 4.49. The maximum atomic E-state index is 13.2. The van der Waals surface area contributed by atoms with Crippen LogP contribution in [0.4, 0.5) is 5.69 Å². The van der Waals surface area contributed by atoms with Crippen molar-refractivity contribution in [1.29, 1.82) is 0 Å². The third kappa shape index (κ3) is 2.19. The van der Waals surface area contributed by atoms with Gasteiger partial charge in [-0.3, -0.25) is 8.99 Å². The van der Waals surface area contributed by atoms with E-state index in [1.807, 2.05) is 31.2 Å². The van der Waals surface area contributed by atoms with E-state index in [9.17, 15) is 8.42 Å². The average Bonchev–Trinajstić information content (AvgIpc) is 2.88. The zero-order valence-electron chi connectivity index (χ0n) is 13.6. The second-order valence-electron chi connectivity index (χ2n) is 6.06. The highest BCUT2D eigenvalue weighted by Gasteiger charge is 2.29. The van der Waals surface area contributed by atoms with Crippen LogP contribution < -0.4 is 4.31 Å². The lowest BCUT2D eigenvalue weighted by atomic mass is 10.0. The Hall–Kier alpha value is -2.41. The molecule has 0 unspecified atom stereocenters. The van der Waals surface area contributed by atoms with Crippen molar-refractivity contribution in [3.63, 3.8) is 0 Å². The molecule has 0 bridgehead atoms. The Bertz CT molecular complexity index is 1040. The highest BCUT2D eigenvalue weighted by atomic mass is 32.2. The number of fused-ring (bicyclic) bond motifs is 2. The predicted octanol–water partition coefficient (Wildman–Crippen LogP) is 2.42. The van der Waals surface area contributed by atoms with Crippen molar-refractivity contribution in [3.8, 4) is 0 Å².